The Kier molecular flexibility index (Phi) is 6.37. The molecule has 0 fully saturated rings. The number of pyridine rings is 1. The summed E-state index contributed by atoms with van der Waals surface area (Å²) in [4.78, 5) is 15.8. The Hall–Kier alpha value is -1.91. The first-order chi connectivity index (χ1) is 10.6. The molecule has 1 atom stereocenters. The first-order valence-corrected chi connectivity index (χ1v) is 7.63. The van der Waals surface area contributed by atoms with Crippen LogP contribution in [0.1, 0.15) is 30.2 Å². The Morgan fingerprint density at radius 2 is 2.00 bits per heavy atom. The van der Waals surface area contributed by atoms with Crippen LogP contribution in [-0.4, -0.2) is 22.5 Å². The van der Waals surface area contributed by atoms with Crippen molar-refractivity contribution >= 4 is 17.5 Å². The molecule has 0 radical (unpaired) electrons. The van der Waals surface area contributed by atoms with Crippen molar-refractivity contribution < 1.29 is 9.90 Å². The molecule has 2 aromatic rings. The maximum absolute atomic E-state index is 11.8. The van der Waals surface area contributed by atoms with E-state index in [1.54, 1.807) is 24.4 Å². The quantitative estimate of drug-likeness (QED) is 0.825. The highest BCUT2D eigenvalue weighted by Crippen LogP contribution is 2.12. The van der Waals surface area contributed by atoms with Crippen LogP contribution < -0.4 is 5.32 Å². The number of hydrogen-bond donors (Lipinski definition) is 2. The van der Waals surface area contributed by atoms with E-state index in [0.29, 0.717) is 17.1 Å². The van der Waals surface area contributed by atoms with Crippen molar-refractivity contribution in [2.75, 3.05) is 6.54 Å². The summed E-state index contributed by atoms with van der Waals surface area (Å²) in [7, 11) is 0. The highest BCUT2D eigenvalue weighted by molar-refractivity contribution is 6.30. The number of aliphatic hydroxyl groups excluding tert-OH is 1. The first kappa shape index (κ1) is 16.5. The van der Waals surface area contributed by atoms with Gasteiger partial charge >= 0.3 is 0 Å². The number of halogens is 1. The number of aromatic nitrogens is 1. The van der Waals surface area contributed by atoms with Gasteiger partial charge < -0.3 is 10.4 Å². The van der Waals surface area contributed by atoms with Crippen molar-refractivity contribution in [1.82, 2.24) is 10.3 Å². The average molecular weight is 319 g/mol. The second-order valence-corrected chi connectivity index (χ2v) is 5.49. The molecule has 0 bridgehead atoms. The van der Waals surface area contributed by atoms with Gasteiger partial charge in [0.2, 0.25) is 5.91 Å². The molecule has 1 aromatic carbocycles. The third kappa shape index (κ3) is 5.47. The van der Waals surface area contributed by atoms with E-state index in [1.165, 1.54) is 0 Å². The van der Waals surface area contributed by atoms with Gasteiger partial charge in [-0.2, -0.15) is 0 Å². The lowest BCUT2D eigenvalue weighted by Crippen LogP contribution is -2.28. The van der Waals surface area contributed by atoms with E-state index < -0.39 is 6.10 Å². The number of amides is 1. The van der Waals surface area contributed by atoms with Gasteiger partial charge in [-0.05, 0) is 42.7 Å². The number of benzene rings is 1. The van der Waals surface area contributed by atoms with Crippen molar-refractivity contribution in [1.29, 1.82) is 0 Å². The molecular formula is C17H19ClN2O2. The van der Waals surface area contributed by atoms with Gasteiger partial charge in [-0.25, -0.2) is 0 Å². The predicted octanol–water partition coefficient (Wildman–Crippen LogP) is 2.91. The van der Waals surface area contributed by atoms with Crippen molar-refractivity contribution in [2.45, 2.75) is 25.4 Å². The lowest BCUT2D eigenvalue weighted by molar-refractivity contribution is -0.121. The molecule has 1 amide bonds. The summed E-state index contributed by atoms with van der Waals surface area (Å²) in [5, 5.41) is 13.3. The Morgan fingerprint density at radius 1 is 1.23 bits per heavy atom. The summed E-state index contributed by atoms with van der Waals surface area (Å²) in [6.45, 7) is 0.177. The van der Waals surface area contributed by atoms with Crippen molar-refractivity contribution in [2.24, 2.45) is 0 Å². The van der Waals surface area contributed by atoms with Gasteiger partial charge in [-0.15, -0.1) is 0 Å². The lowest BCUT2D eigenvalue weighted by Gasteiger charge is -2.11. The number of nitrogens with one attached hydrogen (secondary N) is 1. The molecule has 1 heterocycles. The number of aryl methyl sites for hydroxylation is 1. The normalized spacial score (nSPS) is 11.9. The van der Waals surface area contributed by atoms with Crippen LogP contribution in [0.25, 0.3) is 0 Å². The minimum atomic E-state index is -0.776. The fourth-order valence-corrected chi connectivity index (χ4v) is 2.21. The molecule has 4 nitrogen and oxygen atoms in total. The van der Waals surface area contributed by atoms with E-state index in [4.69, 9.17) is 11.6 Å². The van der Waals surface area contributed by atoms with Gasteiger partial charge in [-0.3, -0.25) is 9.78 Å². The van der Waals surface area contributed by atoms with Gasteiger partial charge in [-0.1, -0.05) is 29.8 Å². The summed E-state index contributed by atoms with van der Waals surface area (Å²) in [6, 6.07) is 12.9. The van der Waals surface area contributed by atoms with Gasteiger partial charge in [0.05, 0.1) is 5.69 Å². The molecule has 0 aliphatic heterocycles. The third-order valence-electron chi connectivity index (χ3n) is 3.30. The van der Waals surface area contributed by atoms with Crippen molar-refractivity contribution in [3.05, 3.63) is 64.9 Å². The predicted molar refractivity (Wildman–Crippen MR) is 86.6 cm³/mol. The van der Waals surface area contributed by atoms with E-state index in [0.717, 1.165) is 18.4 Å². The van der Waals surface area contributed by atoms with Crippen LogP contribution in [0.4, 0.5) is 0 Å². The van der Waals surface area contributed by atoms with E-state index in [-0.39, 0.29) is 12.5 Å². The molecular weight excluding hydrogens is 300 g/mol. The van der Waals surface area contributed by atoms with Crippen LogP contribution in [0.2, 0.25) is 5.02 Å². The SMILES string of the molecule is O=C(CCCc1ccc(Cl)cc1)NC[C@@H](O)c1ccccn1. The van der Waals surface area contributed by atoms with Crippen LogP contribution in [0.3, 0.4) is 0 Å². The molecule has 116 valence electrons. The highest BCUT2D eigenvalue weighted by Gasteiger charge is 2.10. The maximum Gasteiger partial charge on any atom is 0.220 e. The maximum atomic E-state index is 11.8. The van der Waals surface area contributed by atoms with E-state index in [2.05, 4.69) is 10.3 Å². The van der Waals surface area contributed by atoms with E-state index >= 15 is 0 Å². The smallest absolute Gasteiger partial charge is 0.220 e. The van der Waals surface area contributed by atoms with Crippen LogP contribution in [0, 0.1) is 0 Å². The average Bonchev–Trinajstić information content (AvgIpc) is 2.55. The van der Waals surface area contributed by atoms with Crippen LogP contribution >= 0.6 is 11.6 Å². The van der Waals surface area contributed by atoms with Gasteiger partial charge in [0.25, 0.3) is 0 Å². The summed E-state index contributed by atoms with van der Waals surface area (Å²) in [6.07, 6.45) is 2.85. The first-order valence-electron chi connectivity index (χ1n) is 7.25. The monoisotopic (exact) mass is 318 g/mol. The largest absolute Gasteiger partial charge is 0.385 e. The number of hydrogen-bond acceptors (Lipinski definition) is 3. The molecule has 0 spiro atoms. The number of carbonyl (C=O) groups excluding carboxylic acids is 1. The third-order valence-corrected chi connectivity index (χ3v) is 3.56. The molecule has 2 rings (SSSR count). The lowest BCUT2D eigenvalue weighted by atomic mass is 10.1. The fourth-order valence-electron chi connectivity index (χ4n) is 2.08. The molecule has 5 heteroatoms. The van der Waals surface area contributed by atoms with Gasteiger partial charge in [0, 0.05) is 24.2 Å². The van der Waals surface area contributed by atoms with E-state index in [9.17, 15) is 9.90 Å². The highest BCUT2D eigenvalue weighted by atomic mass is 35.5. The second-order valence-electron chi connectivity index (χ2n) is 5.05. The Balaban J connectivity index is 1.66. The minimum absolute atomic E-state index is 0.0658. The minimum Gasteiger partial charge on any atom is -0.385 e. The fraction of sp³-hybridized carbons (Fsp3) is 0.294. The van der Waals surface area contributed by atoms with E-state index in [1.807, 2.05) is 24.3 Å². The van der Waals surface area contributed by atoms with Gasteiger partial charge in [0.1, 0.15) is 6.10 Å². The molecule has 2 N–H and O–H groups in total. The Morgan fingerprint density at radius 3 is 2.68 bits per heavy atom. The second kappa shape index (κ2) is 8.51. The standard InChI is InChI=1S/C17H19ClN2O2/c18-14-9-7-13(8-10-14)4-3-6-17(22)20-12-16(21)15-5-1-2-11-19-15/h1-2,5,7-11,16,21H,3-4,6,12H2,(H,20,22)/t16-/m1/s1. The topological polar surface area (TPSA) is 62.2 Å². The molecule has 0 saturated carbocycles. The molecule has 22 heavy (non-hydrogen) atoms. The van der Waals surface area contributed by atoms with Crippen molar-refractivity contribution in [3.63, 3.8) is 0 Å². The van der Waals surface area contributed by atoms with Gasteiger partial charge in [0.15, 0.2) is 0 Å². The zero-order chi connectivity index (χ0) is 15.8. The number of nitrogens with zero attached hydrogens (tertiary/aromatic N) is 1. The Bertz CT molecular complexity index is 587. The number of rotatable bonds is 7. The molecule has 0 unspecified atom stereocenters. The van der Waals surface area contributed by atoms with Crippen LogP contribution in [0.15, 0.2) is 48.7 Å². The molecule has 0 saturated heterocycles. The molecule has 1 aromatic heterocycles. The Labute approximate surface area is 135 Å². The summed E-state index contributed by atoms with van der Waals surface area (Å²) in [5.41, 5.74) is 1.72. The zero-order valence-electron chi connectivity index (χ0n) is 12.2. The van der Waals surface area contributed by atoms with Crippen molar-refractivity contribution in [3.8, 4) is 0 Å². The summed E-state index contributed by atoms with van der Waals surface area (Å²) < 4.78 is 0. The number of aliphatic hydroxyl groups is 1. The van der Waals surface area contributed by atoms with Crippen LogP contribution in [-0.2, 0) is 11.2 Å². The molecule has 0 aliphatic rings. The summed E-state index contributed by atoms with van der Waals surface area (Å²) in [5.74, 6) is -0.0658. The number of carbonyl (C=O) groups is 1. The summed E-state index contributed by atoms with van der Waals surface area (Å²) >= 11 is 5.82. The zero-order valence-corrected chi connectivity index (χ0v) is 13.0. The van der Waals surface area contributed by atoms with Crippen LogP contribution in [0.5, 0.6) is 0 Å². The molecule has 0 aliphatic carbocycles.